The molecule has 0 atom stereocenters. The second kappa shape index (κ2) is 9.64. The summed E-state index contributed by atoms with van der Waals surface area (Å²) in [7, 11) is 0. The van der Waals surface area contributed by atoms with Crippen molar-refractivity contribution in [1.29, 1.82) is 0 Å². The number of nitrogens with one attached hydrogen (secondary N) is 1. The molecule has 1 N–H and O–H groups in total. The van der Waals surface area contributed by atoms with Crippen LogP contribution in [0.1, 0.15) is 19.8 Å². The van der Waals surface area contributed by atoms with Crippen LogP contribution in [0.5, 0.6) is 0 Å². The first-order valence-corrected chi connectivity index (χ1v) is 6.83. The second-order valence-electron chi connectivity index (χ2n) is 4.05. The fourth-order valence-corrected chi connectivity index (χ4v) is 1.48. The van der Waals surface area contributed by atoms with E-state index in [4.69, 9.17) is 21.1 Å². The molecule has 0 aromatic heterocycles. The third-order valence-electron chi connectivity index (χ3n) is 2.41. The van der Waals surface area contributed by atoms with Crippen molar-refractivity contribution in [2.75, 3.05) is 31.7 Å². The number of ether oxygens (including phenoxy) is 2. The molecule has 0 aliphatic rings. The van der Waals surface area contributed by atoms with E-state index in [2.05, 4.69) is 12.2 Å². The molecule has 0 aliphatic heterocycles. The molecule has 0 bridgehead atoms. The average Bonchev–Trinajstić information content (AvgIpc) is 2.42. The maximum absolute atomic E-state index is 11.4. The Morgan fingerprint density at radius 2 is 1.95 bits per heavy atom. The van der Waals surface area contributed by atoms with E-state index in [1.54, 1.807) is 12.1 Å². The van der Waals surface area contributed by atoms with Crippen LogP contribution in [0, 0.1) is 0 Å². The van der Waals surface area contributed by atoms with E-state index in [0.29, 0.717) is 18.2 Å². The van der Waals surface area contributed by atoms with E-state index < -0.39 is 0 Å². The Labute approximate surface area is 119 Å². The molecular weight excluding hydrogens is 266 g/mol. The lowest BCUT2D eigenvalue weighted by Crippen LogP contribution is -2.19. The Kier molecular flexibility index (Phi) is 8.02. The molecule has 0 saturated carbocycles. The summed E-state index contributed by atoms with van der Waals surface area (Å²) in [6.07, 6.45) is 2.14. The molecule has 1 aromatic rings. The number of halogens is 1. The molecule has 0 fully saturated rings. The van der Waals surface area contributed by atoms with Crippen molar-refractivity contribution in [1.82, 2.24) is 0 Å². The van der Waals surface area contributed by atoms with E-state index in [-0.39, 0.29) is 12.5 Å². The van der Waals surface area contributed by atoms with E-state index in [1.165, 1.54) is 0 Å². The summed E-state index contributed by atoms with van der Waals surface area (Å²) in [6.45, 7) is 3.71. The Hall–Kier alpha value is -1.26. The minimum absolute atomic E-state index is 0.136. The van der Waals surface area contributed by atoms with Crippen molar-refractivity contribution in [2.24, 2.45) is 0 Å². The highest BCUT2D eigenvalue weighted by Crippen LogP contribution is 2.12. The van der Waals surface area contributed by atoms with Crippen LogP contribution in [0.25, 0.3) is 0 Å². The molecule has 106 valence electrons. The van der Waals surface area contributed by atoms with Gasteiger partial charge in [0.15, 0.2) is 0 Å². The summed E-state index contributed by atoms with van der Waals surface area (Å²) in [5, 5.41) is 3.62. The van der Waals surface area contributed by atoms with Gasteiger partial charge in [-0.05, 0) is 30.7 Å². The third kappa shape index (κ3) is 7.70. The predicted octanol–water partition coefficient (Wildman–Crippen LogP) is 3.11. The molecule has 0 saturated heterocycles. The normalized spacial score (nSPS) is 10.2. The second-order valence-corrected chi connectivity index (χ2v) is 4.48. The van der Waals surface area contributed by atoms with Crippen molar-refractivity contribution in [3.05, 3.63) is 29.3 Å². The van der Waals surface area contributed by atoms with Crippen LogP contribution in [0.3, 0.4) is 0 Å². The van der Waals surface area contributed by atoms with Crippen molar-refractivity contribution >= 4 is 23.3 Å². The van der Waals surface area contributed by atoms with Crippen LogP contribution in [-0.4, -0.2) is 32.3 Å². The van der Waals surface area contributed by atoms with E-state index in [0.717, 1.165) is 25.1 Å². The number of rotatable bonds is 9. The molecule has 19 heavy (non-hydrogen) atoms. The monoisotopic (exact) mass is 285 g/mol. The van der Waals surface area contributed by atoms with Gasteiger partial charge in [0, 0.05) is 17.3 Å². The lowest BCUT2D eigenvalue weighted by atomic mass is 10.3. The van der Waals surface area contributed by atoms with Crippen molar-refractivity contribution < 1.29 is 14.3 Å². The van der Waals surface area contributed by atoms with E-state index >= 15 is 0 Å². The third-order valence-corrected chi connectivity index (χ3v) is 2.67. The summed E-state index contributed by atoms with van der Waals surface area (Å²) >= 11 is 5.76. The number of hydrogen-bond acceptors (Lipinski definition) is 4. The van der Waals surface area contributed by atoms with Crippen LogP contribution in [-0.2, 0) is 14.3 Å². The number of carbonyl (C=O) groups excluding carboxylic acids is 1. The first-order chi connectivity index (χ1) is 9.22. The molecule has 1 rings (SSSR count). The molecule has 4 nitrogen and oxygen atoms in total. The number of unbranched alkanes of at least 4 members (excludes halogenated alkanes) is 1. The predicted molar refractivity (Wildman–Crippen MR) is 76.6 cm³/mol. The standard InChI is InChI=1S/C14H20ClNO3/c1-2-3-8-18-9-10-19-14(17)11-16-13-6-4-12(15)5-7-13/h4-7,16H,2-3,8-11H2,1H3. The average molecular weight is 286 g/mol. The van der Waals surface area contributed by atoms with Crippen LogP contribution in [0.4, 0.5) is 5.69 Å². The maximum Gasteiger partial charge on any atom is 0.325 e. The zero-order valence-corrected chi connectivity index (χ0v) is 11.9. The van der Waals surface area contributed by atoms with Gasteiger partial charge in [0.2, 0.25) is 0 Å². The highest BCUT2D eigenvalue weighted by atomic mass is 35.5. The molecule has 0 aliphatic carbocycles. The van der Waals surface area contributed by atoms with Crippen LogP contribution >= 0.6 is 11.6 Å². The maximum atomic E-state index is 11.4. The van der Waals surface area contributed by atoms with Crippen LogP contribution in [0.15, 0.2) is 24.3 Å². The van der Waals surface area contributed by atoms with Crippen molar-refractivity contribution in [2.45, 2.75) is 19.8 Å². The lowest BCUT2D eigenvalue weighted by Gasteiger charge is -2.07. The molecule has 0 unspecified atom stereocenters. The topological polar surface area (TPSA) is 47.6 Å². The smallest absolute Gasteiger partial charge is 0.325 e. The summed E-state index contributed by atoms with van der Waals surface area (Å²) in [4.78, 5) is 11.4. The van der Waals surface area contributed by atoms with Crippen molar-refractivity contribution in [3.8, 4) is 0 Å². The van der Waals surface area contributed by atoms with Gasteiger partial charge in [0.05, 0.1) is 6.61 Å². The molecule has 0 heterocycles. The summed E-state index contributed by atoms with van der Waals surface area (Å²) in [5.74, 6) is -0.297. The SMILES string of the molecule is CCCCOCCOC(=O)CNc1ccc(Cl)cc1. The van der Waals surface area contributed by atoms with Gasteiger partial charge in [0.1, 0.15) is 13.2 Å². The number of esters is 1. The minimum atomic E-state index is -0.297. The first-order valence-electron chi connectivity index (χ1n) is 6.45. The Morgan fingerprint density at radius 1 is 1.21 bits per heavy atom. The zero-order chi connectivity index (χ0) is 13.9. The highest BCUT2D eigenvalue weighted by molar-refractivity contribution is 6.30. The summed E-state index contributed by atoms with van der Waals surface area (Å²) in [6, 6.07) is 7.14. The van der Waals surface area contributed by atoms with Gasteiger partial charge in [-0.1, -0.05) is 24.9 Å². The minimum Gasteiger partial charge on any atom is -0.462 e. The Morgan fingerprint density at radius 3 is 2.63 bits per heavy atom. The quantitative estimate of drug-likeness (QED) is 0.559. The fraction of sp³-hybridized carbons (Fsp3) is 0.500. The van der Waals surface area contributed by atoms with E-state index in [9.17, 15) is 4.79 Å². The molecule has 0 radical (unpaired) electrons. The van der Waals surface area contributed by atoms with E-state index in [1.807, 2.05) is 12.1 Å². The van der Waals surface area contributed by atoms with Gasteiger partial charge < -0.3 is 14.8 Å². The lowest BCUT2D eigenvalue weighted by molar-refractivity contribution is -0.143. The van der Waals surface area contributed by atoms with Gasteiger partial charge in [-0.15, -0.1) is 0 Å². The van der Waals surface area contributed by atoms with Gasteiger partial charge in [-0.2, -0.15) is 0 Å². The fourth-order valence-electron chi connectivity index (χ4n) is 1.36. The first kappa shape index (κ1) is 15.8. The molecular formula is C14H20ClNO3. The molecule has 0 amide bonds. The van der Waals surface area contributed by atoms with Crippen molar-refractivity contribution in [3.63, 3.8) is 0 Å². The van der Waals surface area contributed by atoms with Gasteiger partial charge in [-0.3, -0.25) is 4.79 Å². The van der Waals surface area contributed by atoms with Crippen LogP contribution in [0.2, 0.25) is 5.02 Å². The van der Waals surface area contributed by atoms with Crippen LogP contribution < -0.4 is 5.32 Å². The van der Waals surface area contributed by atoms with Gasteiger partial charge >= 0.3 is 5.97 Å². The molecule has 0 spiro atoms. The summed E-state index contributed by atoms with van der Waals surface area (Å²) < 4.78 is 10.3. The van der Waals surface area contributed by atoms with Gasteiger partial charge in [-0.25, -0.2) is 0 Å². The number of carbonyl (C=O) groups is 1. The number of anilines is 1. The largest absolute Gasteiger partial charge is 0.462 e. The van der Waals surface area contributed by atoms with Gasteiger partial charge in [0.25, 0.3) is 0 Å². The summed E-state index contributed by atoms with van der Waals surface area (Å²) in [5.41, 5.74) is 0.834. The zero-order valence-electron chi connectivity index (χ0n) is 11.2. The highest BCUT2D eigenvalue weighted by Gasteiger charge is 2.02. The Bertz CT molecular complexity index is 367. The number of benzene rings is 1. The molecule has 5 heteroatoms. The molecule has 1 aromatic carbocycles. The Balaban J connectivity index is 2.06. The number of hydrogen-bond donors (Lipinski definition) is 1.